The van der Waals surface area contributed by atoms with Crippen LogP contribution in [0.2, 0.25) is 0 Å². The van der Waals surface area contributed by atoms with Crippen molar-refractivity contribution in [3.63, 3.8) is 0 Å². The second kappa shape index (κ2) is 43.6. The number of ether oxygens (including phenoxy) is 11. The molecule has 21 nitrogen and oxygen atoms in total. The molecular weight excluding hydrogens is 688 g/mol. The Morgan fingerprint density at radius 2 is 0.667 bits per heavy atom. The highest BCUT2D eigenvalue weighted by Crippen LogP contribution is 2.11. The molecule has 2 amide bonds. The molecule has 0 aromatic carbocycles. The quantitative estimate of drug-likeness (QED) is 0.0259. The van der Waals surface area contributed by atoms with Gasteiger partial charge in [0, 0.05) is 19.8 Å². The molecule has 1 aliphatic heterocycles. The molecule has 0 atom stereocenters. The number of hydroxylamine groups is 2. The van der Waals surface area contributed by atoms with Crippen molar-refractivity contribution < 1.29 is 81.5 Å². The molecule has 1 rings (SSSR count). The van der Waals surface area contributed by atoms with Gasteiger partial charge in [0.25, 0.3) is 11.8 Å². The van der Waals surface area contributed by atoms with Gasteiger partial charge in [-0.05, 0) is 0 Å². The van der Waals surface area contributed by atoms with Crippen LogP contribution in [-0.4, -0.2) is 192 Å². The smallest absolute Gasteiger partial charge is 0.330 e. The molecule has 0 spiro atoms. The molecule has 0 unspecified atom stereocenters. The van der Waals surface area contributed by atoms with Gasteiger partial charge in [0.2, 0.25) is 4.91 Å². The van der Waals surface area contributed by atoms with E-state index in [4.69, 9.17) is 73.4 Å². The van der Waals surface area contributed by atoms with Crippen molar-refractivity contribution in [1.82, 2.24) is 9.97 Å². The number of hydrogen-bond acceptors (Lipinski definition) is 19. The predicted molar refractivity (Wildman–Crippen MR) is 174 cm³/mol. The molecule has 1 saturated heterocycles. The molecule has 51 heavy (non-hydrogen) atoms. The largest absolute Gasteiger partial charge is 0.394 e. The van der Waals surface area contributed by atoms with Gasteiger partial charge in [0.15, 0.2) is 0 Å². The van der Waals surface area contributed by atoms with Crippen molar-refractivity contribution in [2.75, 3.05) is 159 Å². The van der Waals surface area contributed by atoms with Gasteiger partial charge in [0.1, 0.15) is 11.1 Å². The fraction of sp³-hybridized carbons (Fsp3) is 0.900. The van der Waals surface area contributed by atoms with Gasteiger partial charge in [-0.1, -0.05) is 0 Å². The lowest BCUT2D eigenvalue weighted by molar-refractivity contribution is -0.195. The summed E-state index contributed by atoms with van der Waals surface area (Å²) in [5.41, 5.74) is 11.0. The van der Waals surface area contributed by atoms with Crippen LogP contribution >= 0.6 is 0 Å². The van der Waals surface area contributed by atoms with Crippen LogP contribution in [0.25, 0.3) is 0 Å². The van der Waals surface area contributed by atoms with E-state index in [2.05, 4.69) is 4.84 Å². The number of imide groups is 1. The maximum Gasteiger partial charge on any atom is 0.330 e. The summed E-state index contributed by atoms with van der Waals surface area (Å²) in [5, 5.41) is 17.6. The van der Waals surface area contributed by atoms with Crippen molar-refractivity contribution in [3.8, 4) is 0 Å². The van der Waals surface area contributed by atoms with Crippen LogP contribution in [0.3, 0.4) is 0 Å². The zero-order chi connectivity index (χ0) is 37.9. The van der Waals surface area contributed by atoms with E-state index in [0.717, 1.165) is 6.92 Å². The highest BCUT2D eigenvalue weighted by atomic mass is 16.7. The highest BCUT2D eigenvalue weighted by Gasteiger charge is 2.31. The number of nitrogens with one attached hydrogen (secondary N) is 2. The third kappa shape index (κ3) is 41.7. The van der Waals surface area contributed by atoms with E-state index in [-0.39, 0.29) is 26.1 Å². The molecule has 0 aromatic rings. The average Bonchev–Trinajstić information content (AvgIpc) is 3.42. The van der Waals surface area contributed by atoms with Crippen molar-refractivity contribution in [3.05, 3.63) is 0 Å². The lowest BCUT2D eigenvalue weighted by Crippen LogP contribution is -2.30. The molecule has 0 radical (unpaired) electrons. The van der Waals surface area contributed by atoms with Crippen LogP contribution in [0, 0.1) is 11.1 Å². The first-order chi connectivity index (χ1) is 24.9. The van der Waals surface area contributed by atoms with Gasteiger partial charge >= 0.3 is 5.97 Å². The van der Waals surface area contributed by atoms with Crippen LogP contribution in [0.5, 0.6) is 0 Å². The van der Waals surface area contributed by atoms with E-state index >= 15 is 0 Å². The maximum absolute atomic E-state index is 10.7. The number of hydrogen-bond donors (Lipinski definition) is 4. The minimum atomic E-state index is -0.659. The Hall–Kier alpha value is -2.60. The Kier molecular flexibility index (Phi) is 43.1. The third-order valence-corrected chi connectivity index (χ3v) is 5.42. The zero-order valence-electron chi connectivity index (χ0n) is 29.8. The third-order valence-electron chi connectivity index (χ3n) is 5.42. The summed E-state index contributed by atoms with van der Waals surface area (Å²) < 4.78 is 58.7. The second-order valence-corrected chi connectivity index (χ2v) is 9.46. The fourth-order valence-corrected chi connectivity index (χ4v) is 3.22. The Morgan fingerprint density at radius 3 is 0.824 bits per heavy atom. The van der Waals surface area contributed by atoms with Crippen LogP contribution in [0.4, 0.5) is 0 Å². The Bertz CT molecular complexity index is 776. The molecule has 0 bridgehead atoms. The van der Waals surface area contributed by atoms with Crippen molar-refractivity contribution in [1.29, 1.82) is 11.1 Å². The van der Waals surface area contributed by atoms with E-state index in [1.54, 1.807) is 0 Å². The van der Waals surface area contributed by atoms with Crippen LogP contribution in [0.15, 0.2) is 0 Å². The molecule has 0 aliphatic carbocycles. The summed E-state index contributed by atoms with van der Waals surface area (Å²) in [5.74, 6) is -1.57. The first-order valence-corrected chi connectivity index (χ1v) is 16.6. The minimum Gasteiger partial charge on any atom is -0.394 e. The molecule has 0 aromatic heterocycles. The molecule has 21 heteroatoms. The Labute approximate surface area is 298 Å². The van der Waals surface area contributed by atoms with E-state index in [0.29, 0.717) is 150 Å². The summed E-state index contributed by atoms with van der Waals surface area (Å²) in [6.07, 6.45) is 0.262. The molecular formula is C30H59N4O17+. The van der Waals surface area contributed by atoms with Gasteiger partial charge < -0.3 is 67.2 Å². The number of carbonyl (C=O) groups is 3. The normalized spacial score (nSPS) is 12.3. The van der Waals surface area contributed by atoms with Crippen molar-refractivity contribution in [2.24, 2.45) is 0 Å². The average molecular weight is 748 g/mol. The van der Waals surface area contributed by atoms with Crippen LogP contribution in [0.1, 0.15) is 19.8 Å². The Morgan fingerprint density at radius 1 is 0.490 bits per heavy atom. The first-order valence-electron chi connectivity index (χ1n) is 16.6. The molecule has 0 saturated carbocycles. The van der Waals surface area contributed by atoms with Crippen molar-refractivity contribution >= 4 is 17.8 Å². The van der Waals surface area contributed by atoms with Gasteiger partial charge in [0.05, 0.1) is 159 Å². The van der Waals surface area contributed by atoms with E-state index < -0.39 is 17.8 Å². The second-order valence-electron chi connectivity index (χ2n) is 9.46. The summed E-state index contributed by atoms with van der Waals surface area (Å²) in [6, 6.07) is 0. The number of nitrogens with zero attached hydrogens (tertiary/aromatic N) is 2. The predicted octanol–water partition coefficient (Wildman–Crippen LogP) is -1.12. The summed E-state index contributed by atoms with van der Waals surface area (Å²) in [6.45, 7) is 11.9. The number of amides is 2. The lowest BCUT2D eigenvalue weighted by atomic mass is 10.4. The van der Waals surface area contributed by atoms with E-state index in [9.17, 15) is 14.4 Å². The zero-order valence-corrected chi connectivity index (χ0v) is 29.8. The van der Waals surface area contributed by atoms with E-state index in [1.165, 1.54) is 0 Å². The molecule has 300 valence electrons. The highest BCUT2D eigenvalue weighted by molar-refractivity contribution is 6.01. The van der Waals surface area contributed by atoms with Gasteiger partial charge in [-0.2, -0.15) is 0 Å². The maximum atomic E-state index is 10.7. The van der Waals surface area contributed by atoms with Crippen molar-refractivity contribution in [2.45, 2.75) is 19.8 Å². The Balaban J connectivity index is 0. The first kappa shape index (κ1) is 50.5. The van der Waals surface area contributed by atoms with Gasteiger partial charge in [-0.25, -0.2) is 4.79 Å². The summed E-state index contributed by atoms with van der Waals surface area (Å²) >= 11 is 0. The summed E-state index contributed by atoms with van der Waals surface area (Å²) in [7, 11) is 0. The fourth-order valence-electron chi connectivity index (χ4n) is 3.22. The molecule has 4 N–H and O–H groups in total. The topological polar surface area (TPSA) is 267 Å². The molecule has 1 aliphatic rings. The van der Waals surface area contributed by atoms with E-state index in [1.807, 2.05) is 4.91 Å². The standard InChI is InChI=1S/C24H50O13.C6H7NO4.H2N3/c25-1-3-27-5-7-29-9-11-31-13-15-33-17-19-35-21-23-37-24-22-36-20-18-34-16-14-32-12-10-30-8-6-28-4-2-26;1-4(8)11-7-5(9)2-3-6(7)10;1-3-2/h25-26H,1-24H2;2-3H2,1H3;1-2H/q;;+1. The summed E-state index contributed by atoms with van der Waals surface area (Å²) in [4.78, 5) is 38.1. The van der Waals surface area contributed by atoms with Crippen LogP contribution in [-0.2, 0) is 71.3 Å². The van der Waals surface area contributed by atoms with Gasteiger partial charge in [-0.15, -0.1) is 5.06 Å². The minimum absolute atomic E-state index is 0.0253. The molecule has 1 fully saturated rings. The monoisotopic (exact) mass is 747 g/mol. The SMILES string of the molecule is CC(=O)ON1C(=O)CCC1=O.N=[N+]=N.OCCOCCOCCOCCOCCOCCOCCOCCOCCOCCOCCOCCO. The lowest BCUT2D eigenvalue weighted by Gasteiger charge is -2.09. The van der Waals surface area contributed by atoms with Crippen LogP contribution < -0.4 is 4.91 Å². The number of rotatable bonds is 35. The molecule has 1 heterocycles. The number of carbonyl (C=O) groups excluding carboxylic acids is 3. The number of aliphatic hydroxyl groups is 2. The van der Waals surface area contributed by atoms with Gasteiger partial charge in [-0.3, -0.25) is 9.59 Å². The number of aliphatic hydroxyl groups excluding tert-OH is 2.